The van der Waals surface area contributed by atoms with Crippen molar-refractivity contribution >= 4 is 39.1 Å². The first-order valence-corrected chi connectivity index (χ1v) is 7.20. The lowest BCUT2D eigenvalue weighted by Crippen LogP contribution is -2.06. The number of aliphatic hydroxyl groups is 1. The van der Waals surface area contributed by atoms with Gasteiger partial charge in [0.25, 0.3) is 0 Å². The highest BCUT2D eigenvalue weighted by atomic mass is 79.9. The van der Waals surface area contributed by atoms with Crippen molar-refractivity contribution in [2.45, 2.75) is 12.5 Å². The van der Waals surface area contributed by atoms with Gasteiger partial charge in [0.1, 0.15) is 11.6 Å². The van der Waals surface area contributed by atoms with Crippen LogP contribution in [0, 0.1) is 11.6 Å². The summed E-state index contributed by atoms with van der Waals surface area (Å²) < 4.78 is 27.8. The van der Waals surface area contributed by atoms with E-state index in [1.165, 1.54) is 0 Å². The van der Waals surface area contributed by atoms with E-state index in [0.29, 0.717) is 10.6 Å². The van der Waals surface area contributed by atoms with Gasteiger partial charge in [0.2, 0.25) is 0 Å². The van der Waals surface area contributed by atoms with Gasteiger partial charge in [0.15, 0.2) is 0 Å². The molecule has 0 bridgehead atoms. The van der Waals surface area contributed by atoms with Gasteiger partial charge in [-0.15, -0.1) is 0 Å². The van der Waals surface area contributed by atoms with Crippen molar-refractivity contribution in [3.8, 4) is 0 Å². The zero-order valence-electron chi connectivity index (χ0n) is 10.0. The molecule has 0 aromatic heterocycles. The largest absolute Gasteiger partial charge is 0.388 e. The van der Waals surface area contributed by atoms with Crippen LogP contribution in [-0.4, -0.2) is 5.11 Å². The fourth-order valence-corrected chi connectivity index (χ4v) is 2.70. The van der Waals surface area contributed by atoms with Gasteiger partial charge >= 0.3 is 0 Å². The minimum Gasteiger partial charge on any atom is -0.388 e. The molecule has 0 radical (unpaired) electrons. The van der Waals surface area contributed by atoms with E-state index < -0.39 is 17.7 Å². The Hall–Kier alpha value is -0.680. The fourth-order valence-electron chi connectivity index (χ4n) is 1.80. The minimum atomic E-state index is -1.21. The molecule has 0 aliphatic carbocycles. The highest BCUT2D eigenvalue weighted by Crippen LogP contribution is 2.29. The molecule has 1 unspecified atom stereocenters. The second kappa shape index (κ2) is 6.39. The highest BCUT2D eigenvalue weighted by molar-refractivity contribution is 9.10. The Kier molecular flexibility index (Phi) is 5.02. The average Bonchev–Trinajstić information content (AvgIpc) is 2.37. The normalized spacial score (nSPS) is 12.5. The van der Waals surface area contributed by atoms with Crippen molar-refractivity contribution in [1.82, 2.24) is 0 Å². The standard InChI is InChI=1S/C14H9BrCl2F2O/c15-8-2-1-7(10(16)4-8)3-14(20)9-5-13(19)11(17)6-12(9)18/h1-2,4-6,14,20H,3H2. The summed E-state index contributed by atoms with van der Waals surface area (Å²) in [6.45, 7) is 0. The highest BCUT2D eigenvalue weighted by Gasteiger charge is 2.17. The third-order valence-electron chi connectivity index (χ3n) is 2.83. The summed E-state index contributed by atoms with van der Waals surface area (Å²) in [6.07, 6.45) is -1.13. The third-order valence-corrected chi connectivity index (χ3v) is 3.96. The Bertz CT molecular complexity index is 649. The van der Waals surface area contributed by atoms with Gasteiger partial charge in [-0.1, -0.05) is 45.2 Å². The van der Waals surface area contributed by atoms with E-state index in [9.17, 15) is 13.9 Å². The first-order valence-electron chi connectivity index (χ1n) is 5.65. The molecule has 106 valence electrons. The Morgan fingerprint density at radius 3 is 2.40 bits per heavy atom. The number of aliphatic hydroxyl groups excluding tert-OH is 1. The van der Waals surface area contributed by atoms with Crippen molar-refractivity contribution < 1.29 is 13.9 Å². The van der Waals surface area contributed by atoms with Crippen LogP contribution in [-0.2, 0) is 6.42 Å². The van der Waals surface area contributed by atoms with E-state index in [1.54, 1.807) is 18.2 Å². The molecule has 0 saturated heterocycles. The summed E-state index contributed by atoms with van der Waals surface area (Å²) in [5, 5.41) is 10.2. The number of hydrogen-bond donors (Lipinski definition) is 1. The van der Waals surface area contributed by atoms with Gasteiger partial charge in [-0.25, -0.2) is 8.78 Å². The molecule has 1 N–H and O–H groups in total. The second-order valence-electron chi connectivity index (χ2n) is 4.24. The summed E-state index contributed by atoms with van der Waals surface area (Å²) in [4.78, 5) is 0. The summed E-state index contributed by atoms with van der Waals surface area (Å²) in [7, 11) is 0. The molecular formula is C14H9BrCl2F2O. The lowest BCUT2D eigenvalue weighted by Gasteiger charge is -2.14. The fraction of sp³-hybridized carbons (Fsp3) is 0.143. The molecular weight excluding hydrogens is 373 g/mol. The lowest BCUT2D eigenvalue weighted by atomic mass is 10.0. The second-order valence-corrected chi connectivity index (χ2v) is 5.97. The van der Waals surface area contributed by atoms with Crippen LogP contribution in [0.5, 0.6) is 0 Å². The molecule has 1 atom stereocenters. The number of benzene rings is 2. The number of rotatable bonds is 3. The minimum absolute atomic E-state index is 0.0735. The molecule has 0 heterocycles. The van der Waals surface area contributed by atoms with Crippen LogP contribution in [0.1, 0.15) is 17.2 Å². The van der Waals surface area contributed by atoms with Gasteiger partial charge in [0, 0.05) is 21.5 Å². The van der Waals surface area contributed by atoms with Crippen molar-refractivity contribution in [3.05, 3.63) is 67.6 Å². The summed E-state index contributed by atoms with van der Waals surface area (Å²) in [6, 6.07) is 6.88. The number of hydrogen-bond acceptors (Lipinski definition) is 1. The van der Waals surface area contributed by atoms with Gasteiger partial charge in [-0.05, 0) is 29.8 Å². The van der Waals surface area contributed by atoms with E-state index in [2.05, 4.69) is 15.9 Å². The molecule has 0 aliphatic heterocycles. The maximum absolute atomic E-state index is 13.7. The van der Waals surface area contributed by atoms with Crippen LogP contribution in [0.15, 0.2) is 34.8 Å². The summed E-state index contributed by atoms with van der Waals surface area (Å²) in [5.74, 6) is -1.53. The maximum Gasteiger partial charge on any atom is 0.142 e. The predicted octanol–water partition coefficient (Wildman–Crippen LogP) is 5.31. The third kappa shape index (κ3) is 3.50. The Morgan fingerprint density at radius 2 is 1.75 bits per heavy atom. The lowest BCUT2D eigenvalue weighted by molar-refractivity contribution is 0.173. The number of halogens is 5. The molecule has 6 heteroatoms. The zero-order chi connectivity index (χ0) is 14.9. The average molecular weight is 382 g/mol. The molecule has 2 aromatic rings. The molecule has 0 amide bonds. The summed E-state index contributed by atoms with van der Waals surface area (Å²) in [5.41, 5.74) is 0.489. The molecule has 0 saturated carbocycles. The van der Waals surface area contributed by atoms with Crippen LogP contribution < -0.4 is 0 Å². The molecule has 20 heavy (non-hydrogen) atoms. The van der Waals surface area contributed by atoms with Crippen LogP contribution in [0.3, 0.4) is 0 Å². The van der Waals surface area contributed by atoms with E-state index in [-0.39, 0.29) is 17.0 Å². The smallest absolute Gasteiger partial charge is 0.142 e. The van der Waals surface area contributed by atoms with Gasteiger partial charge in [-0.3, -0.25) is 0 Å². The van der Waals surface area contributed by atoms with E-state index >= 15 is 0 Å². The molecule has 0 fully saturated rings. The topological polar surface area (TPSA) is 20.2 Å². The van der Waals surface area contributed by atoms with Gasteiger partial charge < -0.3 is 5.11 Å². The monoisotopic (exact) mass is 380 g/mol. The Morgan fingerprint density at radius 1 is 1.05 bits per heavy atom. The van der Waals surface area contributed by atoms with Gasteiger partial charge in [-0.2, -0.15) is 0 Å². The SMILES string of the molecule is OC(Cc1ccc(Br)cc1Cl)c1cc(F)c(Cl)cc1F. The summed E-state index contributed by atoms with van der Waals surface area (Å²) >= 11 is 14.8. The van der Waals surface area contributed by atoms with Crippen LogP contribution in [0.2, 0.25) is 10.0 Å². The van der Waals surface area contributed by atoms with Crippen molar-refractivity contribution in [2.24, 2.45) is 0 Å². The van der Waals surface area contributed by atoms with Crippen LogP contribution in [0.4, 0.5) is 8.78 Å². The van der Waals surface area contributed by atoms with E-state index in [1.807, 2.05) is 0 Å². The molecule has 0 spiro atoms. The Balaban J connectivity index is 2.28. The predicted molar refractivity (Wildman–Crippen MR) is 79.2 cm³/mol. The van der Waals surface area contributed by atoms with Gasteiger partial charge in [0.05, 0.1) is 11.1 Å². The first kappa shape index (κ1) is 15.7. The zero-order valence-corrected chi connectivity index (χ0v) is 13.1. The quantitative estimate of drug-likeness (QED) is 0.714. The maximum atomic E-state index is 13.7. The molecule has 1 nitrogen and oxygen atoms in total. The van der Waals surface area contributed by atoms with E-state index in [0.717, 1.165) is 16.6 Å². The Labute approximate surface area is 133 Å². The van der Waals surface area contributed by atoms with Crippen LogP contribution in [0.25, 0.3) is 0 Å². The van der Waals surface area contributed by atoms with Crippen molar-refractivity contribution in [3.63, 3.8) is 0 Å². The van der Waals surface area contributed by atoms with E-state index in [4.69, 9.17) is 23.2 Å². The molecule has 2 aromatic carbocycles. The van der Waals surface area contributed by atoms with Crippen molar-refractivity contribution in [2.75, 3.05) is 0 Å². The van der Waals surface area contributed by atoms with Crippen LogP contribution >= 0.6 is 39.1 Å². The molecule has 0 aliphatic rings. The van der Waals surface area contributed by atoms with Crippen molar-refractivity contribution in [1.29, 1.82) is 0 Å². The first-order chi connectivity index (χ1) is 9.38. The molecule has 2 rings (SSSR count).